The summed E-state index contributed by atoms with van der Waals surface area (Å²) in [5.74, 6) is 2.66. The van der Waals surface area contributed by atoms with Gasteiger partial charge in [0.2, 0.25) is 0 Å². The second-order valence-electron chi connectivity index (χ2n) is 7.98. The minimum absolute atomic E-state index is 0. The van der Waals surface area contributed by atoms with Crippen molar-refractivity contribution in [2.45, 2.75) is 52.9 Å². The van der Waals surface area contributed by atoms with Crippen molar-refractivity contribution in [1.82, 2.24) is 20.4 Å². The van der Waals surface area contributed by atoms with Crippen molar-refractivity contribution in [3.05, 3.63) is 0 Å². The molecule has 0 aromatic heterocycles. The van der Waals surface area contributed by atoms with Crippen LogP contribution in [0, 0.1) is 11.8 Å². The molecule has 0 radical (unpaired) electrons. The third kappa shape index (κ3) is 9.22. The van der Waals surface area contributed by atoms with Crippen LogP contribution in [0.5, 0.6) is 0 Å². The zero-order chi connectivity index (χ0) is 17.9. The standard InChI is InChI=1S/C20H41N5.HI/c1-4-11-25-15-9-19(17-25)16-23-20(21-5-2)22-10-6-12-24-13-7-18(3)8-14-24;/h18-19H,4-17H2,1-3H3,(H2,21,22,23);1H. The fraction of sp³-hybridized carbons (Fsp3) is 0.950. The average Bonchev–Trinajstić information content (AvgIpc) is 3.06. The van der Waals surface area contributed by atoms with Gasteiger partial charge in [0.05, 0.1) is 0 Å². The minimum Gasteiger partial charge on any atom is -0.357 e. The predicted molar refractivity (Wildman–Crippen MR) is 124 cm³/mol. The van der Waals surface area contributed by atoms with Gasteiger partial charge in [-0.15, -0.1) is 24.0 Å². The first-order valence-corrected chi connectivity index (χ1v) is 10.7. The van der Waals surface area contributed by atoms with Gasteiger partial charge < -0.3 is 20.4 Å². The second-order valence-corrected chi connectivity index (χ2v) is 7.98. The number of rotatable bonds is 9. The Morgan fingerprint density at radius 3 is 2.42 bits per heavy atom. The Morgan fingerprint density at radius 2 is 1.73 bits per heavy atom. The monoisotopic (exact) mass is 479 g/mol. The third-order valence-electron chi connectivity index (χ3n) is 5.58. The highest BCUT2D eigenvalue weighted by Crippen LogP contribution is 2.17. The van der Waals surface area contributed by atoms with Gasteiger partial charge in [0.15, 0.2) is 5.96 Å². The third-order valence-corrected chi connectivity index (χ3v) is 5.58. The van der Waals surface area contributed by atoms with E-state index in [0.29, 0.717) is 0 Å². The summed E-state index contributed by atoms with van der Waals surface area (Å²) < 4.78 is 0. The highest BCUT2D eigenvalue weighted by Gasteiger charge is 2.21. The Morgan fingerprint density at radius 1 is 1.00 bits per heavy atom. The fourth-order valence-corrected chi connectivity index (χ4v) is 3.94. The van der Waals surface area contributed by atoms with Crippen LogP contribution in [0.3, 0.4) is 0 Å². The largest absolute Gasteiger partial charge is 0.357 e. The number of hydrogen-bond donors (Lipinski definition) is 2. The van der Waals surface area contributed by atoms with Crippen molar-refractivity contribution in [3.8, 4) is 0 Å². The highest BCUT2D eigenvalue weighted by atomic mass is 127. The van der Waals surface area contributed by atoms with E-state index in [2.05, 4.69) is 41.2 Å². The lowest BCUT2D eigenvalue weighted by Gasteiger charge is -2.30. The van der Waals surface area contributed by atoms with E-state index in [-0.39, 0.29) is 24.0 Å². The summed E-state index contributed by atoms with van der Waals surface area (Å²) in [5.41, 5.74) is 0. The average molecular weight is 479 g/mol. The molecule has 0 bridgehead atoms. The van der Waals surface area contributed by atoms with Crippen molar-refractivity contribution in [2.24, 2.45) is 16.8 Å². The van der Waals surface area contributed by atoms with Gasteiger partial charge in [-0.3, -0.25) is 4.99 Å². The summed E-state index contributed by atoms with van der Waals surface area (Å²) in [4.78, 5) is 10.0. The lowest BCUT2D eigenvalue weighted by atomic mass is 9.99. The number of nitrogens with one attached hydrogen (secondary N) is 2. The Labute approximate surface area is 178 Å². The number of hydrogen-bond acceptors (Lipinski definition) is 3. The number of likely N-dealkylation sites (tertiary alicyclic amines) is 2. The van der Waals surface area contributed by atoms with Gasteiger partial charge in [-0.05, 0) is 83.6 Å². The van der Waals surface area contributed by atoms with Gasteiger partial charge in [0.25, 0.3) is 0 Å². The zero-order valence-electron chi connectivity index (χ0n) is 17.3. The van der Waals surface area contributed by atoms with Gasteiger partial charge in [-0.25, -0.2) is 0 Å². The van der Waals surface area contributed by atoms with Crippen LogP contribution in [0.1, 0.15) is 52.9 Å². The Hall–Kier alpha value is -0.0800. The Bertz CT molecular complexity index is 382. The summed E-state index contributed by atoms with van der Waals surface area (Å²) >= 11 is 0. The summed E-state index contributed by atoms with van der Waals surface area (Å²) in [6, 6.07) is 0. The molecular weight excluding hydrogens is 437 g/mol. The first-order valence-electron chi connectivity index (χ1n) is 10.7. The van der Waals surface area contributed by atoms with E-state index in [1.807, 2.05) is 0 Å². The summed E-state index contributed by atoms with van der Waals surface area (Å²) in [7, 11) is 0. The summed E-state index contributed by atoms with van der Waals surface area (Å²) in [5, 5.41) is 6.93. The van der Waals surface area contributed by atoms with Crippen molar-refractivity contribution in [1.29, 1.82) is 0 Å². The maximum absolute atomic E-state index is 4.84. The molecule has 0 aliphatic carbocycles. The van der Waals surface area contributed by atoms with Crippen LogP contribution in [-0.2, 0) is 0 Å². The first kappa shape index (κ1) is 24.0. The van der Waals surface area contributed by atoms with E-state index in [1.54, 1.807) is 0 Å². The topological polar surface area (TPSA) is 42.9 Å². The smallest absolute Gasteiger partial charge is 0.191 e. The van der Waals surface area contributed by atoms with Crippen LogP contribution in [0.25, 0.3) is 0 Å². The molecule has 0 spiro atoms. The van der Waals surface area contributed by atoms with Gasteiger partial charge >= 0.3 is 0 Å². The summed E-state index contributed by atoms with van der Waals surface area (Å²) in [6.45, 7) is 17.2. The number of nitrogens with zero attached hydrogens (tertiary/aromatic N) is 3. The van der Waals surface area contributed by atoms with Gasteiger partial charge in [-0.1, -0.05) is 13.8 Å². The SMILES string of the molecule is CCCN1CCC(CN=C(NCC)NCCCN2CCC(C)CC2)C1.I. The molecule has 2 saturated heterocycles. The molecule has 6 heteroatoms. The van der Waals surface area contributed by atoms with Gasteiger partial charge in [-0.2, -0.15) is 0 Å². The molecule has 2 heterocycles. The van der Waals surface area contributed by atoms with E-state index in [0.717, 1.165) is 37.4 Å². The van der Waals surface area contributed by atoms with Crippen LogP contribution in [0.2, 0.25) is 0 Å². The van der Waals surface area contributed by atoms with Crippen LogP contribution in [-0.4, -0.2) is 74.7 Å². The molecule has 5 nitrogen and oxygen atoms in total. The zero-order valence-corrected chi connectivity index (χ0v) is 19.6. The van der Waals surface area contributed by atoms with Crippen LogP contribution < -0.4 is 10.6 Å². The Kier molecular flexibility index (Phi) is 12.9. The van der Waals surface area contributed by atoms with Crippen LogP contribution in [0.15, 0.2) is 4.99 Å². The fourth-order valence-electron chi connectivity index (χ4n) is 3.94. The minimum atomic E-state index is 0. The molecule has 26 heavy (non-hydrogen) atoms. The molecule has 0 aromatic carbocycles. The van der Waals surface area contributed by atoms with Crippen LogP contribution in [0.4, 0.5) is 0 Å². The lowest BCUT2D eigenvalue weighted by Crippen LogP contribution is -2.40. The Balaban J connectivity index is 0.00000338. The molecule has 0 amide bonds. The maximum Gasteiger partial charge on any atom is 0.191 e. The number of piperidine rings is 1. The molecule has 0 saturated carbocycles. The number of aliphatic imine (C=N–C) groups is 1. The lowest BCUT2D eigenvalue weighted by molar-refractivity contribution is 0.191. The molecule has 1 atom stereocenters. The molecule has 154 valence electrons. The van der Waals surface area contributed by atoms with E-state index >= 15 is 0 Å². The molecule has 2 N–H and O–H groups in total. The summed E-state index contributed by atoms with van der Waals surface area (Å²) in [6.07, 6.45) is 6.50. The molecule has 2 aliphatic rings. The van der Waals surface area contributed by atoms with Crippen molar-refractivity contribution in [3.63, 3.8) is 0 Å². The van der Waals surface area contributed by atoms with E-state index in [4.69, 9.17) is 4.99 Å². The van der Waals surface area contributed by atoms with Gasteiger partial charge in [0.1, 0.15) is 0 Å². The number of halogens is 1. The van der Waals surface area contributed by atoms with Crippen molar-refractivity contribution in [2.75, 3.05) is 58.9 Å². The number of guanidine groups is 1. The van der Waals surface area contributed by atoms with E-state index in [9.17, 15) is 0 Å². The van der Waals surface area contributed by atoms with Crippen molar-refractivity contribution < 1.29 is 0 Å². The first-order chi connectivity index (χ1) is 12.2. The molecule has 2 aliphatic heterocycles. The normalized spacial score (nSPS) is 23.0. The van der Waals surface area contributed by atoms with Gasteiger partial charge in [0, 0.05) is 26.2 Å². The van der Waals surface area contributed by atoms with E-state index < -0.39 is 0 Å². The van der Waals surface area contributed by atoms with E-state index in [1.165, 1.54) is 71.4 Å². The molecule has 1 unspecified atom stereocenters. The molecule has 2 fully saturated rings. The second kappa shape index (κ2) is 14.0. The highest BCUT2D eigenvalue weighted by molar-refractivity contribution is 14.0. The molecule has 0 aromatic rings. The maximum atomic E-state index is 4.84. The van der Waals surface area contributed by atoms with Crippen molar-refractivity contribution >= 4 is 29.9 Å². The van der Waals surface area contributed by atoms with Crippen LogP contribution >= 0.6 is 24.0 Å². The predicted octanol–water partition coefficient (Wildman–Crippen LogP) is 3.01. The molecular formula is C20H42IN5. The quantitative estimate of drug-likeness (QED) is 0.231. The molecule has 2 rings (SSSR count).